The molecule has 6 heteroatoms. The number of nitrogens with one attached hydrogen (secondary N) is 1. The smallest absolute Gasteiger partial charge is 0.369 e. The molecule has 0 atom stereocenters. The Morgan fingerprint density at radius 1 is 1.35 bits per heavy atom. The quantitative estimate of drug-likeness (QED) is 0.904. The van der Waals surface area contributed by atoms with Gasteiger partial charge < -0.3 is 10.2 Å². The van der Waals surface area contributed by atoms with Crippen molar-refractivity contribution in [2.24, 2.45) is 0 Å². The number of hydrogen-bond acceptors (Lipinski definition) is 2. The average Bonchev–Trinajstić information content (AvgIpc) is 2.13. The Labute approximate surface area is 106 Å². The van der Waals surface area contributed by atoms with Crippen LogP contribution in [0.25, 0.3) is 0 Å². The van der Waals surface area contributed by atoms with E-state index < -0.39 is 11.7 Å². The van der Waals surface area contributed by atoms with Gasteiger partial charge in [-0.15, -0.1) is 0 Å². The number of hydrogen-bond donors (Lipinski definition) is 1. The van der Waals surface area contributed by atoms with Crippen LogP contribution in [0.5, 0.6) is 0 Å². The van der Waals surface area contributed by atoms with Crippen molar-refractivity contribution in [1.29, 1.82) is 0 Å². The first-order valence-corrected chi connectivity index (χ1v) is 5.99. The zero-order valence-electron chi connectivity index (χ0n) is 9.18. The first-order valence-electron chi connectivity index (χ1n) is 5.20. The highest BCUT2D eigenvalue weighted by Crippen LogP contribution is 2.38. The second kappa shape index (κ2) is 4.49. The van der Waals surface area contributed by atoms with E-state index in [-0.39, 0.29) is 11.7 Å². The van der Waals surface area contributed by atoms with Crippen LogP contribution in [0.1, 0.15) is 5.56 Å². The molecule has 94 valence electrons. The van der Waals surface area contributed by atoms with Crippen LogP contribution in [0.15, 0.2) is 22.7 Å². The zero-order valence-corrected chi connectivity index (χ0v) is 10.8. The third-order valence-electron chi connectivity index (χ3n) is 2.95. The predicted octanol–water partition coefficient (Wildman–Crippen LogP) is 2.88. The molecule has 2 rings (SSSR count). The lowest BCUT2D eigenvalue weighted by molar-refractivity contribution is -0.137. The summed E-state index contributed by atoms with van der Waals surface area (Å²) in [4.78, 5) is 1.69. The minimum atomic E-state index is -4.33. The van der Waals surface area contributed by atoms with E-state index in [2.05, 4.69) is 21.2 Å². The summed E-state index contributed by atoms with van der Waals surface area (Å²) in [5.41, 5.74) is -0.367. The molecule has 1 aromatic carbocycles. The molecule has 1 N–H and O–H groups in total. The lowest BCUT2D eigenvalue weighted by atomic mass is 10.1. The fraction of sp³-hybridized carbons (Fsp3) is 0.455. The van der Waals surface area contributed by atoms with Gasteiger partial charge >= 0.3 is 6.18 Å². The molecule has 0 spiro atoms. The molecule has 0 unspecified atom stereocenters. The molecule has 1 heterocycles. The molecule has 1 saturated heterocycles. The maximum absolute atomic E-state index is 12.9. The lowest BCUT2D eigenvalue weighted by Crippen LogP contribution is -2.56. The van der Waals surface area contributed by atoms with E-state index >= 15 is 0 Å². The van der Waals surface area contributed by atoms with Crippen LogP contribution in [0.2, 0.25) is 0 Å². The Kier molecular flexibility index (Phi) is 3.36. The van der Waals surface area contributed by atoms with E-state index in [4.69, 9.17) is 0 Å². The van der Waals surface area contributed by atoms with E-state index in [1.54, 1.807) is 18.0 Å². The van der Waals surface area contributed by atoms with E-state index in [1.807, 2.05) is 0 Å². The number of rotatable bonds is 2. The summed E-state index contributed by atoms with van der Waals surface area (Å²) in [6.45, 7) is 1.45. The molecule has 0 aromatic heterocycles. The van der Waals surface area contributed by atoms with Crippen molar-refractivity contribution in [1.82, 2.24) is 5.32 Å². The maximum Gasteiger partial charge on any atom is 0.418 e. The van der Waals surface area contributed by atoms with Crippen LogP contribution in [-0.2, 0) is 6.18 Å². The van der Waals surface area contributed by atoms with E-state index in [0.717, 1.165) is 19.2 Å². The number of nitrogens with zero attached hydrogens (tertiary/aromatic N) is 1. The fourth-order valence-corrected chi connectivity index (χ4v) is 2.15. The number of anilines is 1. The second-order valence-corrected chi connectivity index (χ2v) is 5.00. The minimum Gasteiger partial charge on any atom is -0.369 e. The van der Waals surface area contributed by atoms with E-state index in [1.165, 1.54) is 6.07 Å². The predicted molar refractivity (Wildman–Crippen MR) is 64.2 cm³/mol. The summed E-state index contributed by atoms with van der Waals surface area (Å²) >= 11 is 3.08. The van der Waals surface area contributed by atoms with Gasteiger partial charge in [-0.05, 0) is 18.2 Å². The van der Waals surface area contributed by atoms with Crippen LogP contribution in [0.3, 0.4) is 0 Å². The van der Waals surface area contributed by atoms with Crippen molar-refractivity contribution >= 4 is 21.6 Å². The first kappa shape index (κ1) is 12.7. The average molecular weight is 309 g/mol. The number of halogens is 4. The van der Waals surface area contributed by atoms with Crippen LogP contribution in [0, 0.1) is 0 Å². The number of alkyl halides is 3. The summed E-state index contributed by atoms with van der Waals surface area (Å²) in [5.74, 6) is 0. The molecule has 1 fully saturated rings. The van der Waals surface area contributed by atoms with Crippen molar-refractivity contribution in [3.63, 3.8) is 0 Å². The lowest BCUT2D eigenvalue weighted by Gasteiger charge is -2.38. The minimum absolute atomic E-state index is 0.136. The van der Waals surface area contributed by atoms with Crippen molar-refractivity contribution in [3.8, 4) is 0 Å². The van der Waals surface area contributed by atoms with Crippen LogP contribution < -0.4 is 10.2 Å². The largest absolute Gasteiger partial charge is 0.418 e. The van der Waals surface area contributed by atoms with Gasteiger partial charge in [-0.3, -0.25) is 0 Å². The van der Waals surface area contributed by atoms with Gasteiger partial charge in [0.25, 0.3) is 0 Å². The Hall–Kier alpha value is -0.750. The van der Waals surface area contributed by atoms with Gasteiger partial charge in [0.2, 0.25) is 0 Å². The zero-order chi connectivity index (χ0) is 12.6. The molecule has 1 aliphatic rings. The van der Waals surface area contributed by atoms with Crippen LogP contribution in [-0.4, -0.2) is 26.2 Å². The molecule has 17 heavy (non-hydrogen) atoms. The third kappa shape index (κ3) is 2.57. The standard InChI is InChI=1S/C11H12BrF3N2/c1-17(8-5-16-6-8)10-3-2-7(12)4-9(10)11(13,14)15/h2-4,8,16H,5-6H2,1H3. The Balaban J connectivity index is 2.38. The van der Waals surface area contributed by atoms with E-state index in [0.29, 0.717) is 4.47 Å². The maximum atomic E-state index is 12.9. The van der Waals surface area contributed by atoms with Gasteiger partial charge in [0, 0.05) is 30.3 Å². The molecular formula is C11H12BrF3N2. The van der Waals surface area contributed by atoms with Crippen LogP contribution in [0.4, 0.5) is 18.9 Å². The summed E-state index contributed by atoms with van der Waals surface area (Å²) in [6.07, 6.45) is -4.33. The molecular weight excluding hydrogens is 297 g/mol. The van der Waals surface area contributed by atoms with Crippen molar-refractivity contribution in [2.75, 3.05) is 25.0 Å². The fourth-order valence-electron chi connectivity index (χ4n) is 1.79. The van der Waals surface area contributed by atoms with Gasteiger partial charge in [-0.2, -0.15) is 13.2 Å². The number of likely N-dealkylation sites (N-methyl/N-ethyl adjacent to an activating group) is 1. The molecule has 1 aliphatic heterocycles. The molecule has 0 radical (unpaired) electrons. The number of benzene rings is 1. The molecule has 0 saturated carbocycles. The Morgan fingerprint density at radius 2 is 2.00 bits per heavy atom. The normalized spacial score (nSPS) is 16.8. The van der Waals surface area contributed by atoms with Gasteiger partial charge in [0.05, 0.1) is 11.6 Å². The SMILES string of the molecule is CN(c1ccc(Br)cc1C(F)(F)F)C1CNC1. The third-order valence-corrected chi connectivity index (χ3v) is 3.44. The van der Waals surface area contributed by atoms with Crippen molar-refractivity contribution in [3.05, 3.63) is 28.2 Å². The monoisotopic (exact) mass is 308 g/mol. The summed E-state index contributed by atoms with van der Waals surface area (Å²) < 4.78 is 39.2. The second-order valence-electron chi connectivity index (χ2n) is 4.08. The molecule has 1 aromatic rings. The molecule has 0 aliphatic carbocycles. The molecule has 0 bridgehead atoms. The van der Waals surface area contributed by atoms with E-state index in [9.17, 15) is 13.2 Å². The van der Waals surface area contributed by atoms with Crippen LogP contribution >= 0.6 is 15.9 Å². The van der Waals surface area contributed by atoms with Gasteiger partial charge in [-0.1, -0.05) is 15.9 Å². The molecule has 2 nitrogen and oxygen atoms in total. The van der Waals surface area contributed by atoms with Crippen molar-refractivity contribution < 1.29 is 13.2 Å². The highest BCUT2D eigenvalue weighted by molar-refractivity contribution is 9.10. The highest BCUT2D eigenvalue weighted by Gasteiger charge is 2.36. The van der Waals surface area contributed by atoms with Gasteiger partial charge in [0.1, 0.15) is 0 Å². The summed E-state index contributed by atoms with van der Waals surface area (Å²) in [5, 5.41) is 3.05. The Morgan fingerprint density at radius 3 is 2.47 bits per heavy atom. The summed E-state index contributed by atoms with van der Waals surface area (Å²) in [7, 11) is 1.70. The summed E-state index contributed by atoms with van der Waals surface area (Å²) in [6, 6.07) is 4.40. The Bertz CT molecular complexity index is 416. The molecule has 0 amide bonds. The van der Waals surface area contributed by atoms with Gasteiger partial charge in [-0.25, -0.2) is 0 Å². The topological polar surface area (TPSA) is 15.3 Å². The van der Waals surface area contributed by atoms with Gasteiger partial charge in [0.15, 0.2) is 0 Å². The first-order chi connectivity index (χ1) is 7.89. The van der Waals surface area contributed by atoms with Crippen molar-refractivity contribution in [2.45, 2.75) is 12.2 Å². The highest BCUT2D eigenvalue weighted by atomic mass is 79.9.